The van der Waals surface area contributed by atoms with Crippen LogP contribution in [0.15, 0.2) is 24.5 Å². The van der Waals surface area contributed by atoms with Gasteiger partial charge in [-0.05, 0) is 38.5 Å². The largest absolute Gasteiger partial charge is 0.352 e. The maximum Gasteiger partial charge on any atom is 0.169 e. The second kappa shape index (κ2) is 8.17. The van der Waals surface area contributed by atoms with Gasteiger partial charge in [0.1, 0.15) is 0 Å². The Morgan fingerprint density at radius 2 is 1.76 bits per heavy atom. The number of nitrogens with one attached hydrogen (secondary N) is 1. The molecule has 0 aliphatic heterocycles. The predicted molar refractivity (Wildman–Crippen MR) is 67.7 cm³/mol. The van der Waals surface area contributed by atoms with Crippen LogP contribution in [0.1, 0.15) is 32.4 Å². The van der Waals surface area contributed by atoms with Gasteiger partial charge in [0.15, 0.2) is 6.29 Å². The van der Waals surface area contributed by atoms with Crippen LogP contribution in [-0.2, 0) is 9.47 Å². The summed E-state index contributed by atoms with van der Waals surface area (Å²) in [6, 6.07) is 4.28. The fraction of sp³-hybridized carbons (Fsp3) is 0.615. The number of rotatable bonds is 8. The summed E-state index contributed by atoms with van der Waals surface area (Å²) in [5, 5.41) is 3.39. The quantitative estimate of drug-likeness (QED) is 0.705. The van der Waals surface area contributed by atoms with Crippen molar-refractivity contribution in [3.8, 4) is 0 Å². The fourth-order valence-electron chi connectivity index (χ4n) is 1.58. The summed E-state index contributed by atoms with van der Waals surface area (Å²) < 4.78 is 10.9. The maximum absolute atomic E-state index is 5.47. The van der Waals surface area contributed by atoms with Gasteiger partial charge in [0.25, 0.3) is 0 Å². The van der Waals surface area contributed by atoms with E-state index in [1.807, 2.05) is 26.0 Å². The van der Waals surface area contributed by atoms with Gasteiger partial charge in [0, 0.05) is 38.2 Å². The van der Waals surface area contributed by atoms with Crippen molar-refractivity contribution in [1.29, 1.82) is 0 Å². The Morgan fingerprint density at radius 3 is 2.29 bits per heavy atom. The van der Waals surface area contributed by atoms with E-state index in [0.717, 1.165) is 0 Å². The Bertz CT molecular complexity index is 287. The Kier molecular flexibility index (Phi) is 6.77. The molecule has 96 valence electrons. The Labute approximate surface area is 103 Å². The van der Waals surface area contributed by atoms with E-state index < -0.39 is 0 Å². The molecule has 0 unspecified atom stereocenters. The van der Waals surface area contributed by atoms with E-state index in [2.05, 4.69) is 17.2 Å². The molecule has 1 aromatic heterocycles. The van der Waals surface area contributed by atoms with Crippen LogP contribution in [0.4, 0.5) is 0 Å². The molecule has 0 fully saturated rings. The van der Waals surface area contributed by atoms with Gasteiger partial charge < -0.3 is 14.8 Å². The van der Waals surface area contributed by atoms with Crippen LogP contribution < -0.4 is 5.32 Å². The van der Waals surface area contributed by atoms with E-state index >= 15 is 0 Å². The molecule has 0 radical (unpaired) electrons. The number of nitrogens with zero attached hydrogens (tertiary/aromatic N) is 1. The summed E-state index contributed by atoms with van der Waals surface area (Å²) in [4.78, 5) is 4.00. The highest BCUT2D eigenvalue weighted by Gasteiger charge is 2.10. The normalized spacial score (nSPS) is 12.9. The van der Waals surface area contributed by atoms with Crippen LogP contribution in [-0.4, -0.2) is 31.0 Å². The molecule has 1 aromatic rings. The minimum absolute atomic E-state index is 0.172. The Hall–Kier alpha value is -0.970. The first kappa shape index (κ1) is 14.1. The third kappa shape index (κ3) is 5.26. The van der Waals surface area contributed by atoms with E-state index in [4.69, 9.17) is 9.47 Å². The van der Waals surface area contributed by atoms with Gasteiger partial charge in [0.2, 0.25) is 0 Å². The van der Waals surface area contributed by atoms with Crippen molar-refractivity contribution in [2.75, 3.05) is 19.8 Å². The van der Waals surface area contributed by atoms with Crippen molar-refractivity contribution in [1.82, 2.24) is 10.3 Å². The van der Waals surface area contributed by atoms with Gasteiger partial charge in [-0.3, -0.25) is 4.98 Å². The molecule has 0 aromatic carbocycles. The van der Waals surface area contributed by atoms with Crippen molar-refractivity contribution in [3.05, 3.63) is 30.1 Å². The topological polar surface area (TPSA) is 43.4 Å². The molecular weight excluding hydrogens is 216 g/mol. The van der Waals surface area contributed by atoms with Crippen LogP contribution in [0.2, 0.25) is 0 Å². The third-order valence-electron chi connectivity index (χ3n) is 2.50. The molecule has 0 aliphatic carbocycles. The third-order valence-corrected chi connectivity index (χ3v) is 2.50. The maximum atomic E-state index is 5.47. The molecule has 0 bridgehead atoms. The average Bonchev–Trinajstić information content (AvgIpc) is 2.37. The molecule has 0 aliphatic rings. The second-order valence-electron chi connectivity index (χ2n) is 3.75. The monoisotopic (exact) mass is 238 g/mol. The predicted octanol–water partition coefficient (Wildman–Crippen LogP) is 2.13. The summed E-state index contributed by atoms with van der Waals surface area (Å²) >= 11 is 0. The SMILES string of the molecule is CCOC(CN[C@@H](C)c1ccncc1)OCC. The van der Waals surface area contributed by atoms with Gasteiger partial charge in [-0.25, -0.2) is 0 Å². The van der Waals surface area contributed by atoms with Crippen molar-refractivity contribution in [2.45, 2.75) is 33.1 Å². The second-order valence-corrected chi connectivity index (χ2v) is 3.75. The molecule has 17 heavy (non-hydrogen) atoms. The highest BCUT2D eigenvalue weighted by Crippen LogP contribution is 2.10. The number of pyridine rings is 1. The van der Waals surface area contributed by atoms with Gasteiger partial charge in [-0.2, -0.15) is 0 Å². The number of hydrogen-bond donors (Lipinski definition) is 1. The molecule has 4 heteroatoms. The first-order valence-corrected chi connectivity index (χ1v) is 6.14. The first-order chi connectivity index (χ1) is 8.27. The van der Waals surface area contributed by atoms with E-state index in [0.29, 0.717) is 19.8 Å². The van der Waals surface area contributed by atoms with Gasteiger partial charge in [-0.15, -0.1) is 0 Å². The lowest BCUT2D eigenvalue weighted by atomic mass is 10.1. The minimum atomic E-state index is -0.172. The zero-order valence-electron chi connectivity index (χ0n) is 10.8. The van der Waals surface area contributed by atoms with E-state index in [1.165, 1.54) is 5.56 Å². The number of hydrogen-bond acceptors (Lipinski definition) is 4. The lowest BCUT2D eigenvalue weighted by Gasteiger charge is -2.20. The molecule has 0 amide bonds. The van der Waals surface area contributed by atoms with Crippen molar-refractivity contribution in [3.63, 3.8) is 0 Å². The molecular formula is C13H22N2O2. The van der Waals surface area contributed by atoms with E-state index in [1.54, 1.807) is 12.4 Å². The molecule has 1 rings (SSSR count). The number of aromatic nitrogens is 1. The Balaban J connectivity index is 2.38. The number of ether oxygens (including phenoxy) is 2. The Morgan fingerprint density at radius 1 is 1.18 bits per heavy atom. The molecule has 4 nitrogen and oxygen atoms in total. The van der Waals surface area contributed by atoms with Crippen LogP contribution in [0.5, 0.6) is 0 Å². The zero-order valence-corrected chi connectivity index (χ0v) is 10.8. The van der Waals surface area contributed by atoms with Gasteiger partial charge in [-0.1, -0.05) is 0 Å². The summed E-state index contributed by atoms with van der Waals surface area (Å²) in [5.74, 6) is 0. The lowest BCUT2D eigenvalue weighted by molar-refractivity contribution is -0.133. The van der Waals surface area contributed by atoms with Crippen LogP contribution >= 0.6 is 0 Å². The van der Waals surface area contributed by atoms with Crippen molar-refractivity contribution < 1.29 is 9.47 Å². The molecule has 0 saturated carbocycles. The summed E-state index contributed by atoms with van der Waals surface area (Å²) in [5.41, 5.74) is 1.21. The highest BCUT2D eigenvalue weighted by molar-refractivity contribution is 5.13. The van der Waals surface area contributed by atoms with Crippen LogP contribution in [0.25, 0.3) is 0 Å². The molecule has 1 atom stereocenters. The van der Waals surface area contributed by atoms with E-state index in [-0.39, 0.29) is 12.3 Å². The molecule has 0 spiro atoms. The lowest BCUT2D eigenvalue weighted by Crippen LogP contribution is -2.33. The first-order valence-electron chi connectivity index (χ1n) is 6.14. The molecule has 1 N–H and O–H groups in total. The molecule has 1 heterocycles. The average molecular weight is 238 g/mol. The minimum Gasteiger partial charge on any atom is -0.352 e. The standard InChI is InChI=1S/C13H22N2O2/c1-4-16-13(17-5-2)10-15-11(3)12-6-8-14-9-7-12/h6-9,11,13,15H,4-5,10H2,1-3H3/t11-/m0/s1. The summed E-state index contributed by atoms with van der Waals surface area (Å²) in [6.07, 6.45) is 3.43. The molecule has 0 saturated heterocycles. The van der Waals surface area contributed by atoms with Crippen LogP contribution in [0.3, 0.4) is 0 Å². The van der Waals surface area contributed by atoms with Gasteiger partial charge in [0.05, 0.1) is 0 Å². The zero-order chi connectivity index (χ0) is 12.5. The summed E-state index contributed by atoms with van der Waals surface area (Å²) in [7, 11) is 0. The smallest absolute Gasteiger partial charge is 0.169 e. The fourth-order valence-corrected chi connectivity index (χ4v) is 1.58. The summed E-state index contributed by atoms with van der Waals surface area (Å²) in [6.45, 7) is 8.07. The van der Waals surface area contributed by atoms with Crippen molar-refractivity contribution >= 4 is 0 Å². The highest BCUT2D eigenvalue weighted by atomic mass is 16.7. The van der Waals surface area contributed by atoms with Gasteiger partial charge >= 0.3 is 0 Å². The van der Waals surface area contributed by atoms with E-state index in [9.17, 15) is 0 Å². The van der Waals surface area contributed by atoms with Crippen molar-refractivity contribution in [2.24, 2.45) is 0 Å². The van der Waals surface area contributed by atoms with Crippen LogP contribution in [0, 0.1) is 0 Å².